The zero-order valence-electron chi connectivity index (χ0n) is 9.71. The molecule has 0 saturated heterocycles. The second-order valence-corrected chi connectivity index (χ2v) is 4.86. The Morgan fingerprint density at radius 2 is 2.17 bits per heavy atom. The summed E-state index contributed by atoms with van der Waals surface area (Å²) in [5.74, 6) is 0.278. The van der Waals surface area contributed by atoms with Crippen LogP contribution >= 0.6 is 11.8 Å². The highest BCUT2D eigenvalue weighted by molar-refractivity contribution is 7.98. The molecule has 94 valence electrons. The van der Waals surface area contributed by atoms with Gasteiger partial charge >= 0.3 is 5.97 Å². The first-order valence-electron chi connectivity index (χ1n) is 5.30. The highest BCUT2D eigenvalue weighted by Gasteiger charge is 2.14. The normalized spacial score (nSPS) is 10.5. The van der Waals surface area contributed by atoms with Gasteiger partial charge in [-0.25, -0.2) is 4.79 Å². The summed E-state index contributed by atoms with van der Waals surface area (Å²) in [5, 5.41) is 18.2. The summed E-state index contributed by atoms with van der Waals surface area (Å²) in [6.07, 6.45) is 0. The molecular weight excluding hydrogens is 252 g/mol. The molecule has 2 aromatic rings. The van der Waals surface area contributed by atoms with Crippen LogP contribution in [0.25, 0.3) is 0 Å². The molecule has 0 bridgehead atoms. The van der Waals surface area contributed by atoms with Gasteiger partial charge in [-0.05, 0) is 31.2 Å². The maximum absolute atomic E-state index is 10.8. The van der Waals surface area contributed by atoms with Crippen LogP contribution in [0.1, 0.15) is 21.9 Å². The Kier molecular flexibility index (Phi) is 3.62. The fourth-order valence-electron chi connectivity index (χ4n) is 1.56. The van der Waals surface area contributed by atoms with E-state index in [1.165, 1.54) is 11.8 Å². The summed E-state index contributed by atoms with van der Waals surface area (Å²) < 4.78 is 5.24. The Hall–Kier alpha value is -1.88. The van der Waals surface area contributed by atoms with E-state index in [0.29, 0.717) is 17.1 Å². The van der Waals surface area contributed by atoms with E-state index in [2.05, 4.69) is 0 Å². The minimum atomic E-state index is -1.05. The van der Waals surface area contributed by atoms with E-state index < -0.39 is 5.97 Å². The summed E-state index contributed by atoms with van der Waals surface area (Å²) in [5.41, 5.74) is 0.619. The zero-order chi connectivity index (χ0) is 13.1. The molecule has 2 N–H and O–H groups in total. The van der Waals surface area contributed by atoms with Crippen LogP contribution in [0.2, 0.25) is 0 Å². The molecule has 4 nitrogen and oxygen atoms in total. The summed E-state index contributed by atoms with van der Waals surface area (Å²) >= 11 is 1.47. The van der Waals surface area contributed by atoms with Crippen molar-refractivity contribution in [2.24, 2.45) is 0 Å². The number of aromatic carboxylic acids is 1. The second-order valence-electron chi connectivity index (χ2n) is 3.82. The predicted molar refractivity (Wildman–Crippen MR) is 68.1 cm³/mol. The van der Waals surface area contributed by atoms with E-state index in [0.717, 1.165) is 4.90 Å². The van der Waals surface area contributed by atoms with Crippen LogP contribution in [0.5, 0.6) is 5.75 Å². The van der Waals surface area contributed by atoms with Crippen molar-refractivity contribution in [3.8, 4) is 5.75 Å². The quantitative estimate of drug-likeness (QED) is 0.829. The van der Waals surface area contributed by atoms with Crippen LogP contribution in [-0.2, 0) is 5.75 Å². The molecule has 0 atom stereocenters. The zero-order valence-corrected chi connectivity index (χ0v) is 10.5. The number of carboxylic acid groups (broad SMARTS) is 1. The van der Waals surface area contributed by atoms with E-state index in [-0.39, 0.29) is 11.5 Å². The molecule has 5 heteroatoms. The first-order chi connectivity index (χ1) is 8.56. The van der Waals surface area contributed by atoms with Crippen molar-refractivity contribution < 1.29 is 19.4 Å². The van der Waals surface area contributed by atoms with Crippen molar-refractivity contribution in [1.29, 1.82) is 0 Å². The van der Waals surface area contributed by atoms with Crippen LogP contribution < -0.4 is 0 Å². The number of benzene rings is 1. The van der Waals surface area contributed by atoms with Crippen molar-refractivity contribution in [2.75, 3.05) is 0 Å². The molecule has 0 aliphatic rings. The highest BCUT2D eigenvalue weighted by Crippen LogP contribution is 2.27. The molecule has 0 fully saturated rings. The number of carbonyl (C=O) groups is 1. The summed E-state index contributed by atoms with van der Waals surface area (Å²) in [7, 11) is 0. The standard InChI is InChI=1S/C13H12O4S/c1-8-5-10(17-12(8)13(15)16)7-18-11-4-2-3-9(14)6-11/h2-6,14H,7H2,1H3,(H,15,16). The van der Waals surface area contributed by atoms with Gasteiger partial charge in [0.15, 0.2) is 0 Å². The van der Waals surface area contributed by atoms with Crippen LogP contribution in [-0.4, -0.2) is 16.2 Å². The van der Waals surface area contributed by atoms with Gasteiger partial charge in [0.05, 0.1) is 5.75 Å². The van der Waals surface area contributed by atoms with Crippen LogP contribution in [0.4, 0.5) is 0 Å². The molecule has 1 aromatic heterocycles. The van der Waals surface area contributed by atoms with Gasteiger partial charge in [-0.3, -0.25) is 0 Å². The van der Waals surface area contributed by atoms with E-state index in [4.69, 9.17) is 9.52 Å². The second kappa shape index (κ2) is 5.18. The largest absolute Gasteiger partial charge is 0.508 e. The Balaban J connectivity index is 2.06. The van der Waals surface area contributed by atoms with Gasteiger partial charge < -0.3 is 14.6 Å². The number of carboxylic acids is 1. The molecule has 0 amide bonds. The number of phenols is 1. The lowest BCUT2D eigenvalue weighted by atomic mass is 10.3. The van der Waals surface area contributed by atoms with Gasteiger partial charge in [-0.15, -0.1) is 11.8 Å². The van der Waals surface area contributed by atoms with Crippen molar-refractivity contribution in [3.05, 3.63) is 47.4 Å². The summed E-state index contributed by atoms with van der Waals surface area (Å²) in [6.45, 7) is 1.70. The Morgan fingerprint density at radius 1 is 1.39 bits per heavy atom. The molecule has 0 aliphatic carbocycles. The van der Waals surface area contributed by atoms with Crippen molar-refractivity contribution in [3.63, 3.8) is 0 Å². The fourth-order valence-corrected chi connectivity index (χ4v) is 2.39. The summed E-state index contributed by atoms with van der Waals surface area (Å²) in [6, 6.07) is 8.60. The number of aryl methyl sites for hydroxylation is 1. The Morgan fingerprint density at radius 3 is 2.78 bits per heavy atom. The van der Waals surface area contributed by atoms with E-state index in [1.54, 1.807) is 31.2 Å². The molecule has 2 rings (SSSR count). The number of furan rings is 1. The minimum Gasteiger partial charge on any atom is -0.508 e. The molecule has 0 aliphatic heterocycles. The van der Waals surface area contributed by atoms with Gasteiger partial charge in [-0.2, -0.15) is 0 Å². The molecule has 0 radical (unpaired) electrons. The van der Waals surface area contributed by atoms with Gasteiger partial charge in [0.25, 0.3) is 0 Å². The predicted octanol–water partition coefficient (Wildman–Crippen LogP) is 3.28. The first kappa shape index (κ1) is 12.6. The lowest BCUT2D eigenvalue weighted by Gasteiger charge is -1.99. The SMILES string of the molecule is Cc1cc(CSc2cccc(O)c2)oc1C(=O)O. The maximum atomic E-state index is 10.8. The van der Waals surface area contributed by atoms with Crippen molar-refractivity contribution >= 4 is 17.7 Å². The van der Waals surface area contributed by atoms with Gasteiger partial charge in [0.2, 0.25) is 5.76 Å². The van der Waals surface area contributed by atoms with E-state index in [9.17, 15) is 9.90 Å². The van der Waals surface area contributed by atoms with Gasteiger partial charge in [-0.1, -0.05) is 6.07 Å². The molecule has 1 aromatic carbocycles. The average molecular weight is 264 g/mol. The lowest BCUT2D eigenvalue weighted by molar-refractivity contribution is 0.0659. The van der Waals surface area contributed by atoms with Crippen molar-refractivity contribution in [2.45, 2.75) is 17.6 Å². The third-order valence-electron chi connectivity index (χ3n) is 2.36. The lowest BCUT2D eigenvalue weighted by Crippen LogP contribution is -1.94. The van der Waals surface area contributed by atoms with E-state index >= 15 is 0 Å². The van der Waals surface area contributed by atoms with Crippen LogP contribution in [0.3, 0.4) is 0 Å². The summed E-state index contributed by atoms with van der Waals surface area (Å²) in [4.78, 5) is 11.7. The van der Waals surface area contributed by atoms with Crippen LogP contribution in [0, 0.1) is 6.92 Å². The Bertz CT molecular complexity index is 574. The topological polar surface area (TPSA) is 70.7 Å². The number of thioether (sulfide) groups is 1. The number of rotatable bonds is 4. The fraction of sp³-hybridized carbons (Fsp3) is 0.154. The number of aromatic hydroxyl groups is 1. The van der Waals surface area contributed by atoms with E-state index in [1.807, 2.05) is 6.07 Å². The molecule has 18 heavy (non-hydrogen) atoms. The number of phenolic OH excluding ortho intramolecular Hbond substituents is 1. The molecule has 0 unspecified atom stereocenters. The third kappa shape index (κ3) is 2.87. The van der Waals surface area contributed by atoms with Gasteiger partial charge in [0, 0.05) is 10.5 Å². The molecular formula is C13H12O4S. The Labute approximate surface area is 108 Å². The first-order valence-corrected chi connectivity index (χ1v) is 6.29. The monoisotopic (exact) mass is 264 g/mol. The maximum Gasteiger partial charge on any atom is 0.372 e. The molecule has 0 saturated carbocycles. The third-order valence-corrected chi connectivity index (χ3v) is 3.38. The number of hydrogen-bond donors (Lipinski definition) is 2. The number of hydrogen-bond acceptors (Lipinski definition) is 4. The molecule has 0 spiro atoms. The molecule has 1 heterocycles. The highest BCUT2D eigenvalue weighted by atomic mass is 32.2. The average Bonchev–Trinajstić information content (AvgIpc) is 2.68. The van der Waals surface area contributed by atoms with Gasteiger partial charge in [0.1, 0.15) is 11.5 Å². The minimum absolute atomic E-state index is 0.0125. The van der Waals surface area contributed by atoms with Crippen molar-refractivity contribution in [1.82, 2.24) is 0 Å². The van der Waals surface area contributed by atoms with Crippen LogP contribution in [0.15, 0.2) is 39.6 Å². The smallest absolute Gasteiger partial charge is 0.372 e.